The Balaban J connectivity index is 1.64. The van der Waals surface area contributed by atoms with E-state index >= 15 is 0 Å². The van der Waals surface area contributed by atoms with Crippen LogP contribution >= 0.6 is 0 Å². The molecule has 0 aliphatic heterocycles. The fourth-order valence-corrected chi connectivity index (χ4v) is 2.46. The average Bonchev–Trinajstić information content (AvgIpc) is 2.63. The van der Waals surface area contributed by atoms with Gasteiger partial charge in [0.1, 0.15) is 11.6 Å². The first-order valence-corrected chi connectivity index (χ1v) is 7.99. The Morgan fingerprint density at radius 2 is 1.76 bits per heavy atom. The summed E-state index contributed by atoms with van der Waals surface area (Å²) in [6, 6.07) is 23.4. The molecule has 1 heterocycles. The highest BCUT2D eigenvalue weighted by molar-refractivity contribution is 6.00. The largest absolute Gasteiger partial charge is 0.497 e. The Kier molecular flexibility index (Phi) is 5.26. The fraction of sp³-hybridized carbons (Fsp3) is 0.100. The predicted molar refractivity (Wildman–Crippen MR) is 101 cm³/mol. The number of benzene rings is 2. The second-order valence-corrected chi connectivity index (χ2v) is 5.53. The van der Waals surface area contributed by atoms with Crippen molar-refractivity contribution in [2.45, 2.75) is 6.42 Å². The van der Waals surface area contributed by atoms with Gasteiger partial charge in [0.25, 0.3) is 0 Å². The number of nitrogens with zero attached hydrogens (tertiary/aromatic N) is 1. The van der Waals surface area contributed by atoms with Crippen LogP contribution in [0.3, 0.4) is 0 Å². The third-order valence-electron chi connectivity index (χ3n) is 3.63. The monoisotopic (exact) mass is 332 g/mol. The van der Waals surface area contributed by atoms with Crippen LogP contribution in [0.15, 0.2) is 72.8 Å². The molecule has 0 atom stereocenters. The summed E-state index contributed by atoms with van der Waals surface area (Å²) in [5, 5.41) is 14.0. The highest BCUT2D eigenvalue weighted by Crippen LogP contribution is 2.17. The zero-order valence-electron chi connectivity index (χ0n) is 14.0. The molecular weight excluding hydrogens is 312 g/mol. The Labute approximate surface area is 147 Å². The first kappa shape index (κ1) is 16.5. The van der Waals surface area contributed by atoms with E-state index in [-0.39, 0.29) is 5.96 Å². The quantitative estimate of drug-likeness (QED) is 0.485. The molecule has 0 saturated heterocycles. The summed E-state index contributed by atoms with van der Waals surface area (Å²) >= 11 is 0. The van der Waals surface area contributed by atoms with E-state index in [1.165, 1.54) is 5.56 Å². The molecule has 0 spiro atoms. The van der Waals surface area contributed by atoms with E-state index < -0.39 is 0 Å². The van der Waals surface area contributed by atoms with Crippen LogP contribution in [0, 0.1) is 5.41 Å². The van der Waals surface area contributed by atoms with Gasteiger partial charge < -0.3 is 15.4 Å². The van der Waals surface area contributed by atoms with Crippen LogP contribution in [-0.4, -0.2) is 18.1 Å². The van der Waals surface area contributed by atoms with Gasteiger partial charge in [-0.1, -0.05) is 42.5 Å². The zero-order valence-corrected chi connectivity index (χ0v) is 14.0. The molecule has 0 aliphatic carbocycles. The van der Waals surface area contributed by atoms with E-state index in [0.29, 0.717) is 5.82 Å². The third-order valence-corrected chi connectivity index (χ3v) is 3.63. The van der Waals surface area contributed by atoms with Crippen molar-refractivity contribution in [1.82, 2.24) is 4.98 Å². The van der Waals surface area contributed by atoms with E-state index in [9.17, 15) is 0 Å². The lowest BCUT2D eigenvalue weighted by molar-refractivity contribution is 0.415. The minimum Gasteiger partial charge on any atom is -0.497 e. The van der Waals surface area contributed by atoms with Crippen molar-refractivity contribution in [2.24, 2.45) is 0 Å². The normalized spacial score (nSPS) is 10.1. The molecule has 2 aromatic carbocycles. The standard InChI is InChI=1S/C20H20N4O/c1-25-18-11-5-9-17(14-18)23-20(21)24-19-12-6-10-16(22-19)13-15-7-3-2-4-8-15/h2-12,14H,13H2,1H3,(H3,21,22,23,24). The topological polar surface area (TPSA) is 70.0 Å². The molecule has 5 nitrogen and oxygen atoms in total. The summed E-state index contributed by atoms with van der Waals surface area (Å²) < 4.78 is 5.18. The van der Waals surface area contributed by atoms with Gasteiger partial charge >= 0.3 is 0 Å². The first-order chi connectivity index (χ1) is 12.2. The van der Waals surface area contributed by atoms with Crippen molar-refractivity contribution in [3.05, 3.63) is 84.1 Å². The molecule has 3 aromatic rings. The highest BCUT2D eigenvalue weighted by atomic mass is 16.5. The van der Waals surface area contributed by atoms with E-state index in [4.69, 9.17) is 10.1 Å². The van der Waals surface area contributed by atoms with Crippen LogP contribution in [0.2, 0.25) is 0 Å². The molecule has 0 unspecified atom stereocenters. The van der Waals surface area contributed by atoms with Crippen molar-refractivity contribution >= 4 is 17.5 Å². The molecule has 0 saturated carbocycles. The summed E-state index contributed by atoms with van der Waals surface area (Å²) in [6.07, 6.45) is 0.757. The number of methoxy groups -OCH3 is 1. The molecule has 0 amide bonds. The number of anilines is 2. The summed E-state index contributed by atoms with van der Waals surface area (Å²) in [6.45, 7) is 0. The number of ether oxygens (including phenoxy) is 1. The van der Waals surface area contributed by atoms with Crippen LogP contribution in [0.4, 0.5) is 11.5 Å². The molecule has 1 aromatic heterocycles. The lowest BCUT2D eigenvalue weighted by Gasteiger charge is -2.11. The summed E-state index contributed by atoms with van der Waals surface area (Å²) in [5.74, 6) is 1.52. The van der Waals surface area contributed by atoms with Crippen molar-refractivity contribution < 1.29 is 4.74 Å². The average molecular weight is 332 g/mol. The van der Waals surface area contributed by atoms with Crippen molar-refractivity contribution in [1.29, 1.82) is 5.41 Å². The van der Waals surface area contributed by atoms with E-state index in [0.717, 1.165) is 23.6 Å². The molecule has 3 rings (SSSR count). The summed E-state index contributed by atoms with van der Waals surface area (Å²) in [7, 11) is 1.62. The fourth-order valence-electron chi connectivity index (χ4n) is 2.46. The first-order valence-electron chi connectivity index (χ1n) is 7.99. The van der Waals surface area contributed by atoms with Gasteiger partial charge in [-0.2, -0.15) is 0 Å². The maximum Gasteiger partial charge on any atom is 0.198 e. The molecular formula is C20H20N4O. The molecule has 25 heavy (non-hydrogen) atoms. The Morgan fingerprint density at radius 3 is 2.56 bits per heavy atom. The van der Waals surface area contributed by atoms with Gasteiger partial charge in [-0.15, -0.1) is 0 Å². The van der Waals surface area contributed by atoms with Crippen LogP contribution in [0.1, 0.15) is 11.3 Å². The third kappa shape index (κ3) is 4.81. The minimum absolute atomic E-state index is 0.151. The molecule has 3 N–H and O–H groups in total. The summed E-state index contributed by atoms with van der Waals surface area (Å²) in [4.78, 5) is 4.57. The molecule has 0 bridgehead atoms. The Hall–Kier alpha value is -3.34. The molecule has 0 fully saturated rings. The molecule has 5 heteroatoms. The number of rotatable bonds is 5. The lowest BCUT2D eigenvalue weighted by atomic mass is 10.1. The number of guanidine groups is 1. The van der Waals surface area contributed by atoms with Crippen LogP contribution in [0.5, 0.6) is 5.75 Å². The highest BCUT2D eigenvalue weighted by Gasteiger charge is 2.03. The molecule has 0 aliphatic rings. The predicted octanol–water partition coefficient (Wildman–Crippen LogP) is 4.14. The number of hydrogen-bond donors (Lipinski definition) is 3. The molecule has 0 radical (unpaired) electrons. The van der Waals surface area contributed by atoms with Gasteiger partial charge in [-0.3, -0.25) is 5.41 Å². The van der Waals surface area contributed by atoms with Crippen molar-refractivity contribution in [3.8, 4) is 5.75 Å². The van der Waals surface area contributed by atoms with Gasteiger partial charge in [-0.25, -0.2) is 4.98 Å². The number of pyridine rings is 1. The van der Waals surface area contributed by atoms with Crippen molar-refractivity contribution in [3.63, 3.8) is 0 Å². The second-order valence-electron chi connectivity index (χ2n) is 5.53. The van der Waals surface area contributed by atoms with E-state index in [1.54, 1.807) is 7.11 Å². The summed E-state index contributed by atoms with van der Waals surface area (Å²) in [5.41, 5.74) is 2.93. The maximum absolute atomic E-state index is 8.08. The van der Waals surface area contributed by atoms with Crippen LogP contribution in [0.25, 0.3) is 0 Å². The van der Waals surface area contributed by atoms with Crippen LogP contribution < -0.4 is 15.4 Å². The van der Waals surface area contributed by atoms with Gasteiger partial charge in [0.2, 0.25) is 0 Å². The Morgan fingerprint density at radius 1 is 0.960 bits per heavy atom. The smallest absolute Gasteiger partial charge is 0.198 e. The van der Waals surface area contributed by atoms with Gasteiger partial charge in [0, 0.05) is 23.9 Å². The SMILES string of the molecule is COc1cccc(NC(=N)Nc2cccc(Cc3ccccc3)n2)c1. The van der Waals surface area contributed by atoms with Gasteiger partial charge in [0.05, 0.1) is 7.11 Å². The second kappa shape index (κ2) is 7.97. The number of nitrogens with one attached hydrogen (secondary N) is 3. The van der Waals surface area contributed by atoms with Gasteiger partial charge in [0.15, 0.2) is 5.96 Å². The van der Waals surface area contributed by atoms with Crippen LogP contribution in [-0.2, 0) is 6.42 Å². The van der Waals surface area contributed by atoms with Crippen molar-refractivity contribution in [2.75, 3.05) is 17.7 Å². The molecule has 126 valence electrons. The lowest BCUT2D eigenvalue weighted by Crippen LogP contribution is -2.21. The number of aromatic nitrogens is 1. The minimum atomic E-state index is 0.151. The number of hydrogen-bond acceptors (Lipinski definition) is 3. The maximum atomic E-state index is 8.08. The zero-order chi connectivity index (χ0) is 17.5. The Bertz CT molecular complexity index is 849. The van der Waals surface area contributed by atoms with Gasteiger partial charge in [-0.05, 0) is 29.8 Å². The van der Waals surface area contributed by atoms with E-state index in [1.807, 2.05) is 60.7 Å². The van der Waals surface area contributed by atoms with E-state index in [2.05, 4.69) is 27.8 Å².